The molecule has 0 aliphatic carbocycles. The summed E-state index contributed by atoms with van der Waals surface area (Å²) in [6.45, 7) is 3.46. The van der Waals surface area contributed by atoms with E-state index in [9.17, 15) is 14.0 Å². The zero-order valence-corrected chi connectivity index (χ0v) is 15.2. The highest BCUT2D eigenvalue weighted by atomic mass is 35.5. The predicted octanol–water partition coefficient (Wildman–Crippen LogP) is 4.10. The molecule has 0 saturated heterocycles. The van der Waals surface area contributed by atoms with Gasteiger partial charge in [-0.1, -0.05) is 11.6 Å². The number of amides is 2. The van der Waals surface area contributed by atoms with Crippen molar-refractivity contribution in [2.24, 2.45) is 0 Å². The largest absolute Gasteiger partial charge is 0.493 e. The fraction of sp³-hybridized carbons (Fsp3) is 0.222. The maximum Gasteiger partial charge on any atom is 0.255 e. The van der Waals surface area contributed by atoms with E-state index < -0.39 is 17.6 Å². The van der Waals surface area contributed by atoms with E-state index in [4.69, 9.17) is 21.1 Å². The minimum absolute atomic E-state index is 0.0300. The number of methoxy groups -OCH3 is 1. The Morgan fingerprint density at radius 3 is 2.54 bits per heavy atom. The number of ether oxygens (including phenoxy) is 2. The molecule has 8 heteroatoms. The van der Waals surface area contributed by atoms with E-state index in [0.717, 1.165) is 6.07 Å². The van der Waals surface area contributed by atoms with Crippen LogP contribution >= 0.6 is 11.6 Å². The molecule has 0 saturated carbocycles. The van der Waals surface area contributed by atoms with Crippen LogP contribution in [0.4, 0.5) is 15.8 Å². The summed E-state index contributed by atoms with van der Waals surface area (Å²) >= 11 is 6.16. The Balaban J connectivity index is 2.27. The van der Waals surface area contributed by atoms with Gasteiger partial charge in [0.2, 0.25) is 5.91 Å². The van der Waals surface area contributed by atoms with Crippen molar-refractivity contribution >= 4 is 34.8 Å². The van der Waals surface area contributed by atoms with Crippen molar-refractivity contribution in [1.82, 2.24) is 0 Å². The quantitative estimate of drug-likeness (QED) is 0.791. The Labute approximate surface area is 155 Å². The molecular formula is C18H18ClFN2O4. The summed E-state index contributed by atoms with van der Waals surface area (Å²) in [5.74, 6) is -0.835. The second-order valence-corrected chi connectivity index (χ2v) is 5.66. The van der Waals surface area contributed by atoms with Gasteiger partial charge in [-0.05, 0) is 37.3 Å². The number of rotatable bonds is 6. The standard InChI is InChI=1S/C18H18ClFN2O4/c1-4-26-17-13(19)7-11(8-16(17)25-3)18(24)22-12-5-6-14(20)15(9-12)21-10(2)23/h5-9H,4H2,1-3H3,(H,21,23)(H,22,24). The van der Waals surface area contributed by atoms with Crippen LogP contribution in [-0.2, 0) is 4.79 Å². The molecule has 2 rings (SSSR count). The molecule has 0 bridgehead atoms. The first-order chi connectivity index (χ1) is 12.3. The molecule has 0 aliphatic heterocycles. The minimum Gasteiger partial charge on any atom is -0.493 e. The van der Waals surface area contributed by atoms with Gasteiger partial charge in [-0.3, -0.25) is 9.59 Å². The van der Waals surface area contributed by atoms with Gasteiger partial charge in [-0.15, -0.1) is 0 Å². The fourth-order valence-corrected chi connectivity index (χ4v) is 2.49. The molecule has 0 atom stereocenters. The topological polar surface area (TPSA) is 76.7 Å². The van der Waals surface area contributed by atoms with Crippen LogP contribution in [0.5, 0.6) is 11.5 Å². The molecule has 0 unspecified atom stereocenters. The first-order valence-corrected chi connectivity index (χ1v) is 8.12. The van der Waals surface area contributed by atoms with Crippen LogP contribution in [0.25, 0.3) is 0 Å². The van der Waals surface area contributed by atoms with Crippen molar-refractivity contribution in [3.63, 3.8) is 0 Å². The van der Waals surface area contributed by atoms with Gasteiger partial charge in [0, 0.05) is 18.2 Å². The Hall–Kier alpha value is -2.80. The molecule has 2 aromatic carbocycles. The maximum atomic E-state index is 13.7. The third kappa shape index (κ3) is 4.64. The second kappa shape index (κ2) is 8.53. The lowest BCUT2D eigenvalue weighted by atomic mass is 10.1. The lowest BCUT2D eigenvalue weighted by molar-refractivity contribution is -0.114. The summed E-state index contributed by atoms with van der Waals surface area (Å²) in [5.41, 5.74) is 0.516. The molecule has 2 N–H and O–H groups in total. The molecule has 0 fully saturated rings. The van der Waals surface area contributed by atoms with E-state index in [1.807, 2.05) is 0 Å². The smallest absolute Gasteiger partial charge is 0.255 e. The number of hydrogen-bond acceptors (Lipinski definition) is 4. The van der Waals surface area contributed by atoms with Gasteiger partial charge in [-0.25, -0.2) is 4.39 Å². The third-order valence-electron chi connectivity index (χ3n) is 3.32. The Bertz CT molecular complexity index is 842. The molecule has 2 aromatic rings. The summed E-state index contributed by atoms with van der Waals surface area (Å²) in [6, 6.07) is 6.79. The summed E-state index contributed by atoms with van der Waals surface area (Å²) in [7, 11) is 1.44. The minimum atomic E-state index is -0.607. The monoisotopic (exact) mass is 380 g/mol. The first-order valence-electron chi connectivity index (χ1n) is 7.74. The Morgan fingerprint density at radius 1 is 1.19 bits per heavy atom. The lowest BCUT2D eigenvalue weighted by Crippen LogP contribution is -2.13. The molecule has 6 nitrogen and oxygen atoms in total. The molecule has 0 spiro atoms. The van der Waals surface area contributed by atoms with Gasteiger partial charge in [0.15, 0.2) is 11.5 Å². The summed E-state index contributed by atoms with van der Waals surface area (Å²) < 4.78 is 24.3. The van der Waals surface area contributed by atoms with Crippen molar-refractivity contribution in [3.05, 3.63) is 46.7 Å². The van der Waals surface area contributed by atoms with Gasteiger partial charge in [0.25, 0.3) is 5.91 Å². The molecule has 26 heavy (non-hydrogen) atoms. The molecular weight excluding hydrogens is 363 g/mol. The Morgan fingerprint density at radius 2 is 1.92 bits per heavy atom. The van der Waals surface area contributed by atoms with Gasteiger partial charge >= 0.3 is 0 Å². The van der Waals surface area contributed by atoms with Crippen LogP contribution < -0.4 is 20.1 Å². The molecule has 0 aliphatic rings. The van der Waals surface area contributed by atoms with Crippen molar-refractivity contribution < 1.29 is 23.5 Å². The first kappa shape index (κ1) is 19.5. The van der Waals surface area contributed by atoms with Gasteiger partial charge in [0.05, 0.1) is 24.4 Å². The average Bonchev–Trinajstić information content (AvgIpc) is 2.59. The molecule has 0 heterocycles. The molecule has 138 valence electrons. The van der Waals surface area contributed by atoms with E-state index in [1.54, 1.807) is 6.92 Å². The average molecular weight is 381 g/mol. The number of benzene rings is 2. The van der Waals surface area contributed by atoms with Gasteiger partial charge < -0.3 is 20.1 Å². The molecule has 0 radical (unpaired) electrons. The highest BCUT2D eigenvalue weighted by molar-refractivity contribution is 6.32. The highest BCUT2D eigenvalue weighted by Gasteiger charge is 2.16. The van der Waals surface area contributed by atoms with Crippen LogP contribution in [0.1, 0.15) is 24.2 Å². The van der Waals surface area contributed by atoms with Gasteiger partial charge in [0.1, 0.15) is 5.82 Å². The van der Waals surface area contributed by atoms with E-state index >= 15 is 0 Å². The SMILES string of the molecule is CCOc1c(Cl)cc(C(=O)Nc2ccc(F)c(NC(C)=O)c2)cc1OC. The van der Waals surface area contributed by atoms with Crippen LogP contribution in [0, 0.1) is 5.82 Å². The molecule has 2 amide bonds. The van der Waals surface area contributed by atoms with Crippen molar-refractivity contribution in [3.8, 4) is 11.5 Å². The van der Waals surface area contributed by atoms with Crippen molar-refractivity contribution in [2.45, 2.75) is 13.8 Å². The number of carbonyl (C=O) groups excluding carboxylic acids is 2. The lowest BCUT2D eigenvalue weighted by Gasteiger charge is -2.13. The summed E-state index contributed by atoms with van der Waals surface area (Å²) in [4.78, 5) is 23.6. The number of anilines is 2. The number of hydrogen-bond donors (Lipinski definition) is 2. The van der Waals surface area contributed by atoms with Crippen molar-refractivity contribution in [1.29, 1.82) is 0 Å². The zero-order valence-electron chi connectivity index (χ0n) is 14.5. The normalized spacial score (nSPS) is 10.2. The van der Waals surface area contributed by atoms with E-state index in [-0.39, 0.29) is 16.3 Å². The molecule has 0 aromatic heterocycles. The summed E-state index contributed by atoms with van der Waals surface area (Å²) in [6.07, 6.45) is 0. The van der Waals surface area contributed by atoms with E-state index in [2.05, 4.69) is 10.6 Å². The number of carbonyl (C=O) groups is 2. The Kier molecular flexibility index (Phi) is 6.41. The fourth-order valence-electron chi connectivity index (χ4n) is 2.23. The number of nitrogens with one attached hydrogen (secondary N) is 2. The van der Waals surface area contributed by atoms with Crippen molar-refractivity contribution in [2.75, 3.05) is 24.4 Å². The maximum absolute atomic E-state index is 13.7. The summed E-state index contributed by atoms with van der Waals surface area (Å²) in [5, 5.41) is 5.20. The van der Waals surface area contributed by atoms with Crippen LogP contribution in [-0.4, -0.2) is 25.5 Å². The zero-order chi connectivity index (χ0) is 19.3. The van der Waals surface area contributed by atoms with Crippen LogP contribution in [0.15, 0.2) is 30.3 Å². The number of halogens is 2. The van der Waals surface area contributed by atoms with E-state index in [0.29, 0.717) is 23.8 Å². The second-order valence-electron chi connectivity index (χ2n) is 5.25. The highest BCUT2D eigenvalue weighted by Crippen LogP contribution is 2.36. The van der Waals surface area contributed by atoms with E-state index in [1.165, 1.54) is 38.3 Å². The third-order valence-corrected chi connectivity index (χ3v) is 3.60. The predicted molar refractivity (Wildman–Crippen MR) is 97.8 cm³/mol. The van der Waals surface area contributed by atoms with Crippen LogP contribution in [0.3, 0.4) is 0 Å². The van der Waals surface area contributed by atoms with Gasteiger partial charge in [-0.2, -0.15) is 0 Å². The van der Waals surface area contributed by atoms with Crippen LogP contribution in [0.2, 0.25) is 5.02 Å².